The van der Waals surface area contributed by atoms with Gasteiger partial charge in [0.1, 0.15) is 4.75 Å². The molecular formula is C16H23NO3S. The Hall–Kier alpha value is -1.49. The van der Waals surface area contributed by atoms with E-state index in [4.69, 9.17) is 5.73 Å². The van der Waals surface area contributed by atoms with Crippen molar-refractivity contribution in [1.29, 1.82) is 0 Å². The highest BCUT2D eigenvalue weighted by molar-refractivity contribution is 8.02. The monoisotopic (exact) mass is 309 g/mol. The van der Waals surface area contributed by atoms with Gasteiger partial charge in [-0.1, -0.05) is 57.0 Å². The molecule has 3 N–H and O–H groups in total. The van der Waals surface area contributed by atoms with Crippen LogP contribution in [0.25, 0.3) is 0 Å². The first-order valence-electron chi connectivity index (χ1n) is 7.24. The van der Waals surface area contributed by atoms with Crippen LogP contribution in [0, 0.1) is 0 Å². The summed E-state index contributed by atoms with van der Waals surface area (Å²) in [7, 11) is 0. The van der Waals surface area contributed by atoms with Crippen LogP contribution in [0.4, 0.5) is 0 Å². The summed E-state index contributed by atoms with van der Waals surface area (Å²) < 4.78 is -1.13. The van der Waals surface area contributed by atoms with Crippen molar-refractivity contribution in [1.82, 2.24) is 0 Å². The molecule has 0 aliphatic carbocycles. The number of unbranched alkanes of at least 4 members (excludes halogenated alkanes) is 1. The SMILES string of the molecule is CCCC[C@H](S[C@](CC)(C(=O)O)c1ccccc1)C(N)=O. The van der Waals surface area contributed by atoms with E-state index in [0.29, 0.717) is 18.4 Å². The van der Waals surface area contributed by atoms with Gasteiger partial charge < -0.3 is 10.8 Å². The number of primary amides is 1. The summed E-state index contributed by atoms with van der Waals surface area (Å²) in [5.74, 6) is -1.37. The second-order valence-electron chi connectivity index (χ2n) is 5.00. The van der Waals surface area contributed by atoms with Gasteiger partial charge in [0, 0.05) is 0 Å². The third-order valence-corrected chi connectivity index (χ3v) is 5.42. The first-order valence-corrected chi connectivity index (χ1v) is 8.12. The van der Waals surface area contributed by atoms with Crippen LogP contribution in [0.2, 0.25) is 0 Å². The van der Waals surface area contributed by atoms with Crippen LogP contribution in [-0.4, -0.2) is 22.2 Å². The van der Waals surface area contributed by atoms with Gasteiger partial charge in [-0.25, -0.2) is 0 Å². The van der Waals surface area contributed by atoms with Crippen molar-refractivity contribution in [2.45, 2.75) is 49.5 Å². The fraction of sp³-hybridized carbons (Fsp3) is 0.500. The van der Waals surface area contributed by atoms with Crippen molar-refractivity contribution in [3.05, 3.63) is 35.9 Å². The molecule has 0 radical (unpaired) electrons. The van der Waals surface area contributed by atoms with Gasteiger partial charge in [-0.05, 0) is 18.4 Å². The molecule has 1 amide bonds. The van der Waals surface area contributed by atoms with Gasteiger partial charge in [0.2, 0.25) is 5.91 Å². The molecule has 0 aliphatic heterocycles. The third-order valence-electron chi connectivity index (χ3n) is 3.56. The van der Waals surface area contributed by atoms with E-state index in [1.54, 1.807) is 12.1 Å². The van der Waals surface area contributed by atoms with Gasteiger partial charge in [-0.2, -0.15) is 0 Å². The highest BCUT2D eigenvalue weighted by atomic mass is 32.2. The Morgan fingerprint density at radius 3 is 2.33 bits per heavy atom. The highest BCUT2D eigenvalue weighted by Gasteiger charge is 2.42. The molecule has 21 heavy (non-hydrogen) atoms. The molecule has 0 aromatic heterocycles. The van der Waals surface area contributed by atoms with Crippen molar-refractivity contribution in [2.24, 2.45) is 5.73 Å². The number of hydrogen-bond donors (Lipinski definition) is 2. The minimum absolute atomic E-state index is 0.396. The van der Waals surface area contributed by atoms with E-state index in [9.17, 15) is 14.7 Å². The van der Waals surface area contributed by atoms with Gasteiger partial charge in [0.05, 0.1) is 5.25 Å². The molecule has 0 spiro atoms. The summed E-state index contributed by atoms with van der Waals surface area (Å²) in [6, 6.07) is 9.06. The molecule has 5 heteroatoms. The first-order chi connectivity index (χ1) is 9.97. The van der Waals surface area contributed by atoms with Crippen molar-refractivity contribution in [2.75, 3.05) is 0 Å². The maximum Gasteiger partial charge on any atom is 0.324 e. The lowest BCUT2D eigenvalue weighted by atomic mass is 9.95. The second kappa shape index (κ2) is 8.08. The number of hydrogen-bond acceptors (Lipinski definition) is 3. The number of thioether (sulfide) groups is 1. The summed E-state index contributed by atoms with van der Waals surface area (Å²) >= 11 is 1.17. The average Bonchev–Trinajstić information content (AvgIpc) is 2.48. The predicted octanol–water partition coefficient (Wildman–Crippen LogP) is 3.15. The Bertz CT molecular complexity index is 478. The zero-order chi connectivity index (χ0) is 15.9. The van der Waals surface area contributed by atoms with Crippen LogP contribution in [-0.2, 0) is 14.3 Å². The largest absolute Gasteiger partial charge is 0.480 e. The maximum atomic E-state index is 11.9. The van der Waals surface area contributed by atoms with Crippen molar-refractivity contribution < 1.29 is 14.7 Å². The van der Waals surface area contributed by atoms with Crippen molar-refractivity contribution >= 4 is 23.6 Å². The van der Waals surface area contributed by atoms with E-state index >= 15 is 0 Å². The molecule has 1 aromatic carbocycles. The van der Waals surface area contributed by atoms with E-state index < -0.39 is 21.9 Å². The minimum Gasteiger partial charge on any atom is -0.480 e. The zero-order valence-electron chi connectivity index (χ0n) is 12.5. The predicted molar refractivity (Wildman–Crippen MR) is 86.1 cm³/mol. The van der Waals surface area contributed by atoms with Crippen LogP contribution in [0.1, 0.15) is 45.1 Å². The Kier molecular flexibility index (Phi) is 6.75. The first kappa shape index (κ1) is 17.6. The smallest absolute Gasteiger partial charge is 0.324 e. The number of carboxylic acids is 1. The van der Waals surface area contributed by atoms with Crippen molar-refractivity contribution in [3.8, 4) is 0 Å². The molecule has 0 aliphatic rings. The Balaban J connectivity index is 3.13. The number of nitrogens with two attached hydrogens (primary N) is 1. The van der Waals surface area contributed by atoms with Gasteiger partial charge in [0.15, 0.2) is 0 Å². The summed E-state index contributed by atoms with van der Waals surface area (Å²) in [4.78, 5) is 23.6. The van der Waals surface area contributed by atoms with Crippen LogP contribution < -0.4 is 5.73 Å². The number of aliphatic carboxylic acids is 1. The van der Waals surface area contributed by atoms with Crippen LogP contribution >= 0.6 is 11.8 Å². The summed E-state index contributed by atoms with van der Waals surface area (Å²) in [5.41, 5.74) is 6.17. The van der Waals surface area contributed by atoms with Crippen LogP contribution in [0.3, 0.4) is 0 Å². The quantitative estimate of drug-likeness (QED) is 0.734. The number of rotatable bonds is 9. The molecule has 0 saturated heterocycles. The van der Waals surface area contributed by atoms with E-state index in [1.807, 2.05) is 32.0 Å². The Morgan fingerprint density at radius 2 is 1.90 bits per heavy atom. The third kappa shape index (κ3) is 4.24. The molecule has 1 rings (SSSR count). The standard InChI is InChI=1S/C16H23NO3S/c1-3-5-11-13(14(17)18)21-16(4-2,15(19)20)12-9-7-6-8-10-12/h6-10,13H,3-5,11H2,1-2H3,(H2,17,18)(H,19,20)/t13-,16-/m0/s1. The number of carboxylic acid groups (broad SMARTS) is 1. The molecule has 0 unspecified atom stereocenters. The highest BCUT2D eigenvalue weighted by Crippen LogP contribution is 2.43. The number of benzene rings is 1. The molecule has 0 heterocycles. The molecule has 0 bridgehead atoms. The fourth-order valence-corrected chi connectivity index (χ4v) is 3.71. The van der Waals surface area contributed by atoms with Crippen molar-refractivity contribution in [3.63, 3.8) is 0 Å². The maximum absolute atomic E-state index is 11.9. The van der Waals surface area contributed by atoms with Crippen LogP contribution in [0.15, 0.2) is 30.3 Å². The van der Waals surface area contributed by atoms with Gasteiger partial charge in [-0.3, -0.25) is 9.59 Å². The molecular weight excluding hydrogens is 286 g/mol. The molecule has 1 aromatic rings. The normalized spacial score (nSPS) is 15.1. The van der Waals surface area contributed by atoms with E-state index in [-0.39, 0.29) is 0 Å². The number of carbonyl (C=O) groups excluding carboxylic acids is 1. The summed E-state index contributed by atoms with van der Waals surface area (Å²) in [6.07, 6.45) is 2.81. The molecule has 2 atom stereocenters. The molecule has 4 nitrogen and oxygen atoms in total. The fourth-order valence-electron chi connectivity index (χ4n) is 2.28. The average molecular weight is 309 g/mol. The summed E-state index contributed by atoms with van der Waals surface area (Å²) in [6.45, 7) is 3.86. The van der Waals surface area contributed by atoms with Gasteiger partial charge in [0.25, 0.3) is 0 Å². The lowest BCUT2D eigenvalue weighted by Gasteiger charge is -2.31. The van der Waals surface area contributed by atoms with Crippen LogP contribution in [0.5, 0.6) is 0 Å². The number of amides is 1. The summed E-state index contributed by atoms with van der Waals surface area (Å²) in [5, 5.41) is 9.28. The molecule has 0 fully saturated rings. The second-order valence-corrected chi connectivity index (χ2v) is 6.50. The van der Waals surface area contributed by atoms with Gasteiger partial charge in [-0.15, -0.1) is 11.8 Å². The molecule has 116 valence electrons. The Morgan fingerprint density at radius 1 is 1.29 bits per heavy atom. The lowest BCUT2D eigenvalue weighted by molar-refractivity contribution is -0.140. The van der Waals surface area contributed by atoms with E-state index in [1.165, 1.54) is 11.8 Å². The minimum atomic E-state index is -1.13. The number of carbonyl (C=O) groups is 2. The Labute approximate surface area is 130 Å². The van der Waals surface area contributed by atoms with E-state index in [0.717, 1.165) is 12.8 Å². The zero-order valence-corrected chi connectivity index (χ0v) is 13.4. The van der Waals surface area contributed by atoms with E-state index in [2.05, 4.69) is 0 Å². The lowest BCUT2D eigenvalue weighted by Crippen LogP contribution is -2.37. The topological polar surface area (TPSA) is 80.4 Å². The van der Waals surface area contributed by atoms with Gasteiger partial charge >= 0.3 is 5.97 Å². The molecule has 0 saturated carbocycles.